The number of carbonyl (C=O) groups is 1. The van der Waals surface area contributed by atoms with Crippen molar-refractivity contribution in [3.63, 3.8) is 0 Å². The van der Waals surface area contributed by atoms with Gasteiger partial charge in [-0.25, -0.2) is 4.79 Å². The molecule has 1 aliphatic carbocycles. The number of hydrogen-bond donors (Lipinski definition) is 2. The summed E-state index contributed by atoms with van der Waals surface area (Å²) in [7, 11) is 0. The fourth-order valence-corrected chi connectivity index (χ4v) is 2.74. The second-order valence-corrected chi connectivity index (χ2v) is 5.10. The summed E-state index contributed by atoms with van der Waals surface area (Å²) < 4.78 is 0. The Morgan fingerprint density at radius 1 is 1.17 bits per heavy atom. The monoisotopic (exact) mass is 248 g/mol. The predicted octanol–water partition coefficient (Wildman–Crippen LogP) is 3.24. The van der Waals surface area contributed by atoms with Gasteiger partial charge in [-0.1, -0.05) is 49.9 Å². The summed E-state index contributed by atoms with van der Waals surface area (Å²) in [6, 6.07) is 7.43. The van der Waals surface area contributed by atoms with E-state index in [4.69, 9.17) is 5.11 Å². The zero-order valence-corrected chi connectivity index (χ0v) is 10.5. The van der Waals surface area contributed by atoms with Crippen molar-refractivity contribution in [1.82, 2.24) is 0 Å². The minimum absolute atomic E-state index is 0.490. The summed E-state index contributed by atoms with van der Waals surface area (Å²) in [4.78, 5) is 10.8. The van der Waals surface area contributed by atoms with Crippen molar-refractivity contribution < 1.29 is 15.0 Å². The molecule has 0 amide bonds. The molecule has 0 aromatic heterocycles. The zero-order chi connectivity index (χ0) is 13.0. The molecule has 1 aromatic rings. The highest BCUT2D eigenvalue weighted by atomic mass is 16.4. The predicted molar refractivity (Wildman–Crippen MR) is 69.5 cm³/mol. The third-order valence-electron chi connectivity index (χ3n) is 3.79. The van der Waals surface area contributed by atoms with Gasteiger partial charge in [0.25, 0.3) is 0 Å². The molecule has 3 heteroatoms. The molecule has 0 heterocycles. The maximum Gasteiger partial charge on any atom is 0.337 e. The van der Waals surface area contributed by atoms with Gasteiger partial charge in [-0.2, -0.15) is 0 Å². The third-order valence-corrected chi connectivity index (χ3v) is 3.79. The molecule has 1 unspecified atom stereocenters. The van der Waals surface area contributed by atoms with Gasteiger partial charge < -0.3 is 10.2 Å². The molecule has 1 saturated carbocycles. The largest absolute Gasteiger partial charge is 0.479 e. The lowest BCUT2D eigenvalue weighted by atomic mass is 9.90. The number of carboxylic acid groups (broad SMARTS) is 1. The zero-order valence-electron chi connectivity index (χ0n) is 10.5. The van der Waals surface area contributed by atoms with Crippen LogP contribution >= 0.6 is 0 Å². The molecule has 1 aromatic carbocycles. The van der Waals surface area contributed by atoms with Gasteiger partial charge in [0.1, 0.15) is 0 Å². The van der Waals surface area contributed by atoms with Crippen LogP contribution in [0, 0.1) is 0 Å². The Morgan fingerprint density at radius 2 is 1.83 bits per heavy atom. The van der Waals surface area contributed by atoms with Crippen molar-refractivity contribution in [2.75, 3.05) is 0 Å². The first-order valence-corrected chi connectivity index (χ1v) is 6.69. The summed E-state index contributed by atoms with van der Waals surface area (Å²) in [5, 5.41) is 18.4. The maximum absolute atomic E-state index is 10.8. The third kappa shape index (κ3) is 3.10. The fourth-order valence-electron chi connectivity index (χ4n) is 2.74. The summed E-state index contributed by atoms with van der Waals surface area (Å²) in [5.41, 5.74) is 1.67. The highest BCUT2D eigenvalue weighted by Gasteiger charge is 2.19. The fraction of sp³-hybridized carbons (Fsp3) is 0.533. The van der Waals surface area contributed by atoms with Gasteiger partial charge in [0.05, 0.1) is 0 Å². The number of rotatable bonds is 3. The first-order chi connectivity index (χ1) is 8.68. The Bertz CT molecular complexity index is 406. The SMILES string of the molecule is O=C(O)C(O)c1cccc(C2CCCCCC2)c1. The highest BCUT2D eigenvalue weighted by molar-refractivity contribution is 5.74. The van der Waals surface area contributed by atoms with Crippen LogP contribution in [0.2, 0.25) is 0 Å². The minimum Gasteiger partial charge on any atom is -0.479 e. The van der Waals surface area contributed by atoms with Gasteiger partial charge in [-0.3, -0.25) is 0 Å². The van der Waals surface area contributed by atoms with E-state index >= 15 is 0 Å². The second-order valence-electron chi connectivity index (χ2n) is 5.10. The van der Waals surface area contributed by atoms with Crippen molar-refractivity contribution in [3.8, 4) is 0 Å². The normalized spacial score (nSPS) is 19.2. The topological polar surface area (TPSA) is 57.5 Å². The molecular weight excluding hydrogens is 228 g/mol. The van der Waals surface area contributed by atoms with Crippen LogP contribution in [0.25, 0.3) is 0 Å². The van der Waals surface area contributed by atoms with E-state index in [1.807, 2.05) is 18.2 Å². The van der Waals surface area contributed by atoms with Crippen LogP contribution in [-0.2, 0) is 4.79 Å². The van der Waals surface area contributed by atoms with Gasteiger partial charge in [-0.05, 0) is 29.9 Å². The molecule has 1 fully saturated rings. The van der Waals surface area contributed by atoms with E-state index in [1.165, 1.54) is 44.1 Å². The molecule has 0 bridgehead atoms. The van der Waals surface area contributed by atoms with Crippen LogP contribution in [0.1, 0.15) is 61.7 Å². The van der Waals surface area contributed by atoms with Gasteiger partial charge in [0, 0.05) is 0 Å². The Balaban J connectivity index is 2.17. The van der Waals surface area contributed by atoms with Crippen molar-refractivity contribution >= 4 is 5.97 Å². The number of hydrogen-bond acceptors (Lipinski definition) is 2. The maximum atomic E-state index is 10.8. The van der Waals surface area contributed by atoms with E-state index in [1.54, 1.807) is 6.07 Å². The number of aliphatic hydroxyl groups is 1. The Hall–Kier alpha value is -1.35. The molecule has 0 saturated heterocycles. The van der Waals surface area contributed by atoms with E-state index in [9.17, 15) is 9.90 Å². The van der Waals surface area contributed by atoms with Gasteiger partial charge in [0.2, 0.25) is 0 Å². The standard InChI is InChI=1S/C15H20O3/c16-14(15(17)18)13-9-5-8-12(10-13)11-6-3-1-2-4-7-11/h5,8-11,14,16H,1-4,6-7H2,(H,17,18). The quantitative estimate of drug-likeness (QED) is 0.807. The molecule has 1 atom stereocenters. The summed E-state index contributed by atoms with van der Waals surface area (Å²) in [6.07, 6.45) is 6.03. The van der Waals surface area contributed by atoms with E-state index in [0.717, 1.165) is 0 Å². The molecular formula is C15H20O3. The summed E-state index contributed by atoms with van der Waals surface area (Å²) >= 11 is 0. The second kappa shape index (κ2) is 6.01. The van der Waals surface area contributed by atoms with E-state index in [2.05, 4.69) is 0 Å². The van der Waals surface area contributed by atoms with E-state index < -0.39 is 12.1 Å². The first-order valence-electron chi connectivity index (χ1n) is 6.69. The van der Waals surface area contributed by atoms with E-state index in [-0.39, 0.29) is 0 Å². The van der Waals surface area contributed by atoms with Crippen LogP contribution in [0.4, 0.5) is 0 Å². The summed E-state index contributed by atoms with van der Waals surface area (Å²) in [5.74, 6) is -0.665. The number of aliphatic carboxylic acids is 1. The van der Waals surface area contributed by atoms with Crippen LogP contribution < -0.4 is 0 Å². The van der Waals surface area contributed by atoms with Crippen LogP contribution in [-0.4, -0.2) is 16.2 Å². The number of carboxylic acids is 1. The molecule has 0 radical (unpaired) electrons. The molecule has 2 rings (SSSR count). The first kappa shape index (κ1) is 13.1. The molecule has 1 aliphatic rings. The van der Waals surface area contributed by atoms with Crippen molar-refractivity contribution in [2.45, 2.75) is 50.5 Å². The van der Waals surface area contributed by atoms with Gasteiger partial charge in [0.15, 0.2) is 6.10 Å². The van der Waals surface area contributed by atoms with Gasteiger partial charge in [-0.15, -0.1) is 0 Å². The minimum atomic E-state index is -1.41. The Kier molecular flexibility index (Phi) is 4.37. The van der Waals surface area contributed by atoms with Gasteiger partial charge >= 0.3 is 5.97 Å². The summed E-state index contributed by atoms with van der Waals surface area (Å²) in [6.45, 7) is 0. The van der Waals surface area contributed by atoms with Crippen molar-refractivity contribution in [3.05, 3.63) is 35.4 Å². The molecule has 0 aliphatic heterocycles. The molecule has 98 valence electrons. The Morgan fingerprint density at radius 3 is 2.44 bits per heavy atom. The smallest absolute Gasteiger partial charge is 0.337 e. The van der Waals surface area contributed by atoms with Crippen LogP contribution in [0.15, 0.2) is 24.3 Å². The average molecular weight is 248 g/mol. The number of benzene rings is 1. The molecule has 0 spiro atoms. The molecule has 18 heavy (non-hydrogen) atoms. The number of aliphatic hydroxyl groups excluding tert-OH is 1. The van der Waals surface area contributed by atoms with Crippen molar-refractivity contribution in [1.29, 1.82) is 0 Å². The van der Waals surface area contributed by atoms with Crippen LogP contribution in [0.3, 0.4) is 0 Å². The lowest BCUT2D eigenvalue weighted by Gasteiger charge is -2.16. The Labute approximate surface area is 107 Å². The molecule has 3 nitrogen and oxygen atoms in total. The average Bonchev–Trinajstić information content (AvgIpc) is 2.66. The molecule has 2 N–H and O–H groups in total. The lowest BCUT2D eigenvalue weighted by molar-refractivity contribution is -0.146. The van der Waals surface area contributed by atoms with E-state index in [0.29, 0.717) is 11.5 Å². The van der Waals surface area contributed by atoms with Crippen molar-refractivity contribution in [2.24, 2.45) is 0 Å². The highest BCUT2D eigenvalue weighted by Crippen LogP contribution is 2.32. The van der Waals surface area contributed by atoms with Crippen LogP contribution in [0.5, 0.6) is 0 Å². The lowest BCUT2D eigenvalue weighted by Crippen LogP contribution is -2.11.